The lowest BCUT2D eigenvalue weighted by molar-refractivity contribution is 0.102. The fourth-order valence-corrected chi connectivity index (χ4v) is 1.72. The molecule has 0 aliphatic carbocycles. The second-order valence-electron chi connectivity index (χ2n) is 3.54. The summed E-state index contributed by atoms with van der Waals surface area (Å²) in [6.45, 7) is 0. The Hall–Kier alpha value is -1.95. The molecule has 1 heterocycles. The van der Waals surface area contributed by atoms with Crippen molar-refractivity contribution in [1.82, 2.24) is 4.98 Å². The molecule has 0 aliphatic rings. The van der Waals surface area contributed by atoms with Gasteiger partial charge in [-0.3, -0.25) is 9.78 Å². The number of aromatic nitrogens is 1. The molecule has 6 heteroatoms. The predicted octanol–water partition coefficient (Wildman–Crippen LogP) is 2.82. The highest BCUT2D eigenvalue weighted by molar-refractivity contribution is 9.10. The minimum atomic E-state index is -0.602. The number of nitrogens with two attached hydrogens (primary N) is 1. The van der Waals surface area contributed by atoms with Crippen LogP contribution in [0.1, 0.15) is 10.4 Å². The number of nitrogen functional groups attached to an aromatic ring is 1. The monoisotopic (exact) mass is 309 g/mol. The maximum absolute atomic E-state index is 13.6. The number of hydrogen-bond acceptors (Lipinski definition) is 3. The Morgan fingerprint density at radius 2 is 2.17 bits per heavy atom. The Morgan fingerprint density at radius 1 is 1.39 bits per heavy atom. The van der Waals surface area contributed by atoms with Gasteiger partial charge in [-0.2, -0.15) is 0 Å². The van der Waals surface area contributed by atoms with Crippen molar-refractivity contribution in [2.75, 3.05) is 11.1 Å². The third-order valence-corrected chi connectivity index (χ3v) is 2.77. The third-order valence-electron chi connectivity index (χ3n) is 2.28. The van der Waals surface area contributed by atoms with Crippen LogP contribution in [-0.2, 0) is 0 Å². The normalized spacial score (nSPS) is 10.1. The molecule has 0 fully saturated rings. The van der Waals surface area contributed by atoms with Crippen molar-refractivity contribution in [2.24, 2.45) is 0 Å². The van der Waals surface area contributed by atoms with E-state index >= 15 is 0 Å². The molecule has 1 aromatic heterocycles. The highest BCUT2D eigenvalue weighted by Gasteiger charge is 2.13. The predicted molar refractivity (Wildman–Crippen MR) is 70.7 cm³/mol. The second-order valence-corrected chi connectivity index (χ2v) is 4.46. The number of anilines is 2. The summed E-state index contributed by atoms with van der Waals surface area (Å²) in [5, 5.41) is 2.53. The van der Waals surface area contributed by atoms with Crippen LogP contribution in [0.5, 0.6) is 0 Å². The number of pyridine rings is 1. The highest BCUT2D eigenvalue weighted by Crippen LogP contribution is 2.19. The molecule has 0 spiro atoms. The number of nitrogens with one attached hydrogen (secondary N) is 1. The zero-order valence-corrected chi connectivity index (χ0v) is 10.7. The molecule has 0 atom stereocenters. The molecule has 0 saturated heterocycles. The van der Waals surface area contributed by atoms with E-state index in [2.05, 4.69) is 26.2 Å². The Kier molecular flexibility index (Phi) is 3.57. The van der Waals surface area contributed by atoms with Crippen molar-refractivity contribution in [3.63, 3.8) is 0 Å². The van der Waals surface area contributed by atoms with Gasteiger partial charge in [-0.25, -0.2) is 4.39 Å². The number of carbonyl (C=O) groups is 1. The van der Waals surface area contributed by atoms with Crippen LogP contribution in [0, 0.1) is 5.82 Å². The topological polar surface area (TPSA) is 68.0 Å². The first-order valence-corrected chi connectivity index (χ1v) is 5.83. The van der Waals surface area contributed by atoms with Gasteiger partial charge in [0.25, 0.3) is 5.91 Å². The van der Waals surface area contributed by atoms with Crippen LogP contribution in [0.15, 0.2) is 41.1 Å². The third kappa shape index (κ3) is 2.65. The molecule has 2 rings (SSSR count). The van der Waals surface area contributed by atoms with E-state index in [9.17, 15) is 9.18 Å². The van der Waals surface area contributed by atoms with Gasteiger partial charge in [0.2, 0.25) is 0 Å². The van der Waals surface area contributed by atoms with Gasteiger partial charge in [-0.1, -0.05) is 15.9 Å². The van der Waals surface area contributed by atoms with E-state index in [0.717, 1.165) is 0 Å². The van der Waals surface area contributed by atoms with Crippen molar-refractivity contribution in [1.29, 1.82) is 0 Å². The molecule has 18 heavy (non-hydrogen) atoms. The second kappa shape index (κ2) is 5.14. The summed E-state index contributed by atoms with van der Waals surface area (Å²) in [5.41, 5.74) is 6.31. The van der Waals surface area contributed by atoms with Gasteiger partial charge < -0.3 is 11.1 Å². The highest BCUT2D eigenvalue weighted by atomic mass is 79.9. The van der Waals surface area contributed by atoms with Crippen LogP contribution < -0.4 is 11.1 Å². The lowest BCUT2D eigenvalue weighted by atomic mass is 10.2. The van der Waals surface area contributed by atoms with Crippen LogP contribution in [0.25, 0.3) is 0 Å². The Labute approximate surface area is 111 Å². The lowest BCUT2D eigenvalue weighted by Gasteiger charge is -2.08. The Morgan fingerprint density at radius 3 is 2.83 bits per heavy atom. The van der Waals surface area contributed by atoms with Gasteiger partial charge in [-0.15, -0.1) is 0 Å². The molecule has 3 N–H and O–H groups in total. The largest absolute Gasteiger partial charge is 0.396 e. The number of nitrogens with zero attached hydrogens (tertiary/aromatic N) is 1. The number of carbonyl (C=O) groups excluding carboxylic acids is 1. The van der Waals surface area contributed by atoms with E-state index in [4.69, 9.17) is 5.73 Å². The molecule has 0 unspecified atom stereocenters. The summed E-state index contributed by atoms with van der Waals surface area (Å²) >= 11 is 3.12. The van der Waals surface area contributed by atoms with Crippen molar-refractivity contribution < 1.29 is 9.18 Å². The van der Waals surface area contributed by atoms with E-state index in [1.54, 1.807) is 12.1 Å². The van der Waals surface area contributed by atoms with Gasteiger partial charge in [-0.05, 0) is 24.3 Å². The summed E-state index contributed by atoms with van der Waals surface area (Å²) in [7, 11) is 0. The molecule has 0 bridgehead atoms. The van der Waals surface area contributed by atoms with Gasteiger partial charge in [0.1, 0.15) is 5.82 Å². The standard InChI is InChI=1S/C12H9BrFN3O/c13-7-1-2-8(9(14)5-7)12(18)17-11-3-4-16-6-10(11)15/h1-6H,15H2,(H,16,17,18). The SMILES string of the molecule is Nc1cnccc1NC(=O)c1ccc(Br)cc1F. The number of amides is 1. The zero-order chi connectivity index (χ0) is 13.1. The molecule has 1 aromatic carbocycles. The fourth-order valence-electron chi connectivity index (χ4n) is 1.38. The minimum Gasteiger partial charge on any atom is -0.396 e. The van der Waals surface area contributed by atoms with Crippen molar-refractivity contribution in [3.05, 3.63) is 52.5 Å². The summed E-state index contributed by atoms with van der Waals surface area (Å²) in [6.07, 6.45) is 2.90. The first kappa shape index (κ1) is 12.5. The van der Waals surface area contributed by atoms with Crippen LogP contribution in [-0.4, -0.2) is 10.9 Å². The molecule has 0 aliphatic heterocycles. The van der Waals surface area contributed by atoms with Crippen LogP contribution in [0.2, 0.25) is 0 Å². The molecule has 1 amide bonds. The smallest absolute Gasteiger partial charge is 0.258 e. The van der Waals surface area contributed by atoms with Gasteiger partial charge in [0, 0.05) is 10.7 Å². The lowest BCUT2D eigenvalue weighted by Crippen LogP contribution is -2.14. The number of benzene rings is 1. The van der Waals surface area contributed by atoms with Crippen molar-refractivity contribution >= 4 is 33.2 Å². The number of halogens is 2. The average Bonchev–Trinajstić information content (AvgIpc) is 2.32. The minimum absolute atomic E-state index is 0.0468. The quantitative estimate of drug-likeness (QED) is 0.896. The molecule has 0 radical (unpaired) electrons. The molecule has 4 nitrogen and oxygen atoms in total. The van der Waals surface area contributed by atoms with Crippen LogP contribution in [0.3, 0.4) is 0 Å². The average molecular weight is 310 g/mol. The zero-order valence-electron chi connectivity index (χ0n) is 9.15. The molecular formula is C12H9BrFN3O. The van der Waals surface area contributed by atoms with Crippen LogP contribution in [0.4, 0.5) is 15.8 Å². The maximum Gasteiger partial charge on any atom is 0.258 e. The first-order valence-electron chi connectivity index (χ1n) is 5.04. The Balaban J connectivity index is 2.25. The summed E-state index contributed by atoms with van der Waals surface area (Å²) in [5.74, 6) is -1.16. The van der Waals surface area contributed by atoms with E-state index in [0.29, 0.717) is 15.8 Å². The van der Waals surface area contributed by atoms with Crippen molar-refractivity contribution in [2.45, 2.75) is 0 Å². The summed E-state index contributed by atoms with van der Waals surface area (Å²) in [6, 6.07) is 5.76. The van der Waals surface area contributed by atoms with Gasteiger partial charge >= 0.3 is 0 Å². The number of hydrogen-bond donors (Lipinski definition) is 2. The van der Waals surface area contributed by atoms with E-state index < -0.39 is 11.7 Å². The van der Waals surface area contributed by atoms with E-state index in [1.807, 2.05) is 0 Å². The maximum atomic E-state index is 13.6. The molecule has 0 saturated carbocycles. The summed E-state index contributed by atoms with van der Waals surface area (Å²) < 4.78 is 14.1. The van der Waals surface area contributed by atoms with Crippen molar-refractivity contribution in [3.8, 4) is 0 Å². The summed E-state index contributed by atoms with van der Waals surface area (Å²) in [4.78, 5) is 15.7. The van der Waals surface area contributed by atoms with Gasteiger partial charge in [0.15, 0.2) is 0 Å². The fraction of sp³-hybridized carbons (Fsp3) is 0. The Bertz CT molecular complexity index is 604. The van der Waals surface area contributed by atoms with Gasteiger partial charge in [0.05, 0.1) is 23.1 Å². The van der Waals surface area contributed by atoms with Crippen LogP contribution >= 0.6 is 15.9 Å². The van der Waals surface area contributed by atoms with E-state index in [1.165, 1.54) is 24.5 Å². The molecule has 92 valence electrons. The number of rotatable bonds is 2. The first-order chi connectivity index (χ1) is 8.58. The van der Waals surface area contributed by atoms with E-state index in [-0.39, 0.29) is 5.56 Å². The molecular weight excluding hydrogens is 301 g/mol. The molecule has 2 aromatic rings.